The van der Waals surface area contributed by atoms with Crippen LogP contribution in [0.1, 0.15) is 33.4 Å². The summed E-state index contributed by atoms with van der Waals surface area (Å²) in [4.78, 5) is 24.7. The molecule has 4 rings (SSSR count). The predicted molar refractivity (Wildman–Crippen MR) is 147 cm³/mol. The molecule has 1 heterocycles. The van der Waals surface area contributed by atoms with E-state index in [4.69, 9.17) is 0 Å². The van der Waals surface area contributed by atoms with Gasteiger partial charge in [-0.25, -0.2) is 4.79 Å². The van der Waals surface area contributed by atoms with Gasteiger partial charge in [0.2, 0.25) is 0 Å². The van der Waals surface area contributed by atoms with Crippen LogP contribution in [0.5, 0.6) is 0 Å². The number of hydrogen-bond acceptors (Lipinski definition) is 4. The number of carbonyl (C=O) groups is 1. The molecule has 0 saturated carbocycles. The molecule has 0 atom stereocenters. The maximum absolute atomic E-state index is 13.9. The van der Waals surface area contributed by atoms with Crippen LogP contribution in [0.25, 0.3) is 28.5 Å². The zero-order valence-corrected chi connectivity index (χ0v) is 22.0. The fourth-order valence-electron chi connectivity index (χ4n) is 4.46. The standard InChI is InChI=1S/C32H25F3N2O3/c1-20-7-9-26(21(2)15-20)19-37-29(17-28(32(33,34)35)27(18-36)31(37)39)24-12-10-23(11-13-24)25-6-4-5-22(16-25)8-14-30(38)40-3/h4-17H,19H2,1-3H3/b14-8+. The minimum Gasteiger partial charge on any atom is -0.466 e. The van der Waals surface area contributed by atoms with Gasteiger partial charge in [0.15, 0.2) is 0 Å². The summed E-state index contributed by atoms with van der Waals surface area (Å²) in [6.07, 6.45) is -1.96. The molecule has 0 bridgehead atoms. The molecule has 0 aliphatic rings. The van der Waals surface area contributed by atoms with Gasteiger partial charge in [-0.2, -0.15) is 18.4 Å². The molecule has 40 heavy (non-hydrogen) atoms. The lowest BCUT2D eigenvalue weighted by Gasteiger charge is -2.19. The maximum Gasteiger partial charge on any atom is 0.417 e. The van der Waals surface area contributed by atoms with Crippen molar-refractivity contribution in [2.24, 2.45) is 0 Å². The highest BCUT2D eigenvalue weighted by molar-refractivity contribution is 5.87. The number of methoxy groups -OCH3 is 1. The van der Waals surface area contributed by atoms with Crippen LogP contribution >= 0.6 is 0 Å². The van der Waals surface area contributed by atoms with Gasteiger partial charge in [0.1, 0.15) is 11.6 Å². The van der Waals surface area contributed by atoms with Crippen molar-refractivity contribution < 1.29 is 22.7 Å². The summed E-state index contributed by atoms with van der Waals surface area (Å²) in [7, 11) is 1.29. The number of aryl methyl sites for hydroxylation is 2. The Hall–Kier alpha value is -4.90. The van der Waals surface area contributed by atoms with Crippen LogP contribution < -0.4 is 5.56 Å². The molecule has 0 N–H and O–H groups in total. The van der Waals surface area contributed by atoms with Crippen molar-refractivity contribution in [2.75, 3.05) is 7.11 Å². The van der Waals surface area contributed by atoms with Crippen LogP contribution in [0.3, 0.4) is 0 Å². The summed E-state index contributed by atoms with van der Waals surface area (Å²) in [6.45, 7) is 3.79. The van der Waals surface area contributed by atoms with Gasteiger partial charge in [0, 0.05) is 6.08 Å². The van der Waals surface area contributed by atoms with Crippen molar-refractivity contribution >= 4 is 12.0 Å². The number of benzene rings is 3. The lowest BCUT2D eigenvalue weighted by molar-refractivity contribution is -0.138. The van der Waals surface area contributed by atoms with Crippen molar-refractivity contribution in [3.05, 3.63) is 123 Å². The van der Waals surface area contributed by atoms with Gasteiger partial charge >= 0.3 is 12.1 Å². The van der Waals surface area contributed by atoms with E-state index in [1.807, 2.05) is 56.3 Å². The van der Waals surface area contributed by atoms with Gasteiger partial charge in [-0.1, -0.05) is 66.2 Å². The first-order chi connectivity index (χ1) is 19.0. The van der Waals surface area contributed by atoms with E-state index in [0.29, 0.717) is 5.56 Å². The first-order valence-corrected chi connectivity index (χ1v) is 12.3. The third-order valence-corrected chi connectivity index (χ3v) is 6.56. The highest BCUT2D eigenvalue weighted by Crippen LogP contribution is 2.34. The lowest BCUT2D eigenvalue weighted by atomic mass is 9.98. The van der Waals surface area contributed by atoms with E-state index in [0.717, 1.165) is 39.4 Å². The lowest BCUT2D eigenvalue weighted by Crippen LogP contribution is -2.29. The number of alkyl halides is 3. The Bertz CT molecular complexity index is 1710. The number of esters is 1. The Morgan fingerprint density at radius 2 is 1.68 bits per heavy atom. The van der Waals surface area contributed by atoms with Crippen LogP contribution in [0.15, 0.2) is 83.7 Å². The van der Waals surface area contributed by atoms with Crippen LogP contribution in [0, 0.1) is 25.2 Å². The second kappa shape index (κ2) is 11.5. The van der Waals surface area contributed by atoms with Crippen molar-refractivity contribution in [1.82, 2.24) is 4.57 Å². The number of rotatable bonds is 6. The van der Waals surface area contributed by atoms with E-state index < -0.39 is 28.8 Å². The van der Waals surface area contributed by atoms with Crippen LogP contribution in [0.4, 0.5) is 13.2 Å². The predicted octanol–water partition coefficient (Wildman–Crippen LogP) is 6.92. The first-order valence-electron chi connectivity index (χ1n) is 12.3. The molecule has 1 aromatic heterocycles. The van der Waals surface area contributed by atoms with Crippen molar-refractivity contribution in [3.63, 3.8) is 0 Å². The quantitative estimate of drug-likeness (QED) is 0.196. The summed E-state index contributed by atoms with van der Waals surface area (Å²) in [5, 5.41) is 9.48. The van der Waals surface area contributed by atoms with Crippen molar-refractivity contribution in [2.45, 2.75) is 26.6 Å². The van der Waals surface area contributed by atoms with E-state index in [1.165, 1.54) is 23.8 Å². The maximum atomic E-state index is 13.9. The third-order valence-electron chi connectivity index (χ3n) is 6.56. The average molecular weight is 543 g/mol. The summed E-state index contributed by atoms with van der Waals surface area (Å²) < 4.78 is 47.5. The van der Waals surface area contributed by atoms with E-state index in [1.54, 1.807) is 30.3 Å². The monoisotopic (exact) mass is 542 g/mol. The first kappa shape index (κ1) is 28.1. The van der Waals surface area contributed by atoms with Crippen LogP contribution in [-0.4, -0.2) is 17.6 Å². The topological polar surface area (TPSA) is 72.1 Å². The van der Waals surface area contributed by atoms with Crippen molar-refractivity contribution in [1.29, 1.82) is 5.26 Å². The van der Waals surface area contributed by atoms with Gasteiger partial charge in [-0.05, 0) is 65.4 Å². The Labute approximate surface area is 229 Å². The van der Waals surface area contributed by atoms with Gasteiger partial charge in [-0.3, -0.25) is 4.79 Å². The molecule has 202 valence electrons. The average Bonchev–Trinajstić information content (AvgIpc) is 2.93. The molecule has 0 aliphatic carbocycles. The molecule has 3 aromatic carbocycles. The summed E-state index contributed by atoms with van der Waals surface area (Å²) >= 11 is 0. The highest BCUT2D eigenvalue weighted by Gasteiger charge is 2.36. The second-order valence-electron chi connectivity index (χ2n) is 9.31. The number of halogens is 3. The molecule has 0 amide bonds. The molecule has 0 aliphatic heterocycles. The smallest absolute Gasteiger partial charge is 0.417 e. The SMILES string of the molecule is COC(=O)/C=C/c1cccc(-c2ccc(-c3cc(C(F)(F)F)c(C#N)c(=O)n3Cc3ccc(C)cc3C)cc2)c1. The van der Waals surface area contributed by atoms with E-state index >= 15 is 0 Å². The van der Waals surface area contributed by atoms with Crippen LogP contribution in [0.2, 0.25) is 0 Å². The number of nitriles is 1. The normalized spacial score (nSPS) is 11.4. The Morgan fingerprint density at radius 3 is 2.30 bits per heavy atom. The largest absolute Gasteiger partial charge is 0.466 e. The molecule has 8 heteroatoms. The number of aromatic nitrogens is 1. The Morgan fingerprint density at radius 1 is 0.975 bits per heavy atom. The van der Waals surface area contributed by atoms with Gasteiger partial charge < -0.3 is 9.30 Å². The van der Waals surface area contributed by atoms with Crippen molar-refractivity contribution in [3.8, 4) is 28.5 Å². The molecule has 0 spiro atoms. The van der Waals surface area contributed by atoms with E-state index in [9.17, 15) is 28.0 Å². The minimum atomic E-state index is -4.88. The fraction of sp³-hybridized carbons (Fsp3) is 0.156. The van der Waals surface area contributed by atoms with Gasteiger partial charge in [0.25, 0.3) is 5.56 Å². The molecule has 0 unspecified atom stereocenters. The Kier molecular flexibility index (Phi) is 8.05. The molecular weight excluding hydrogens is 517 g/mol. The summed E-state index contributed by atoms with van der Waals surface area (Å²) in [5.74, 6) is -0.484. The third kappa shape index (κ3) is 6.05. The minimum absolute atomic E-state index is 0.00340. The number of hydrogen-bond donors (Lipinski definition) is 0. The second-order valence-corrected chi connectivity index (χ2v) is 9.31. The number of pyridine rings is 1. The highest BCUT2D eigenvalue weighted by atomic mass is 19.4. The summed E-state index contributed by atoms with van der Waals surface area (Å²) in [5.41, 5.74) is 2.26. The van der Waals surface area contributed by atoms with E-state index in [-0.39, 0.29) is 12.2 Å². The van der Waals surface area contributed by atoms with Gasteiger partial charge in [-0.15, -0.1) is 0 Å². The summed E-state index contributed by atoms with van der Waals surface area (Å²) in [6, 6.07) is 22.1. The molecule has 0 fully saturated rings. The zero-order chi connectivity index (χ0) is 29.0. The fourth-order valence-corrected chi connectivity index (χ4v) is 4.46. The molecule has 4 aromatic rings. The Balaban J connectivity index is 1.82. The number of ether oxygens (including phenoxy) is 1. The number of carbonyl (C=O) groups excluding carboxylic acids is 1. The van der Waals surface area contributed by atoms with Crippen LogP contribution in [-0.2, 0) is 22.3 Å². The van der Waals surface area contributed by atoms with E-state index in [2.05, 4.69) is 4.74 Å². The zero-order valence-electron chi connectivity index (χ0n) is 22.0. The molecular formula is C32H25F3N2O3. The molecule has 0 saturated heterocycles. The molecule has 5 nitrogen and oxygen atoms in total. The molecule has 0 radical (unpaired) electrons. The number of nitrogens with zero attached hydrogens (tertiary/aromatic N) is 2. The van der Waals surface area contributed by atoms with Gasteiger partial charge in [0.05, 0.1) is 24.9 Å².